The smallest absolute Gasteiger partial charge is 0.195 e. The van der Waals surface area contributed by atoms with E-state index in [-0.39, 0.29) is 11.8 Å². The van der Waals surface area contributed by atoms with Crippen molar-refractivity contribution in [3.63, 3.8) is 0 Å². The van der Waals surface area contributed by atoms with Crippen molar-refractivity contribution in [1.29, 1.82) is 0 Å². The summed E-state index contributed by atoms with van der Waals surface area (Å²) in [4.78, 5) is 0. The Morgan fingerprint density at radius 2 is 2.12 bits per heavy atom. The summed E-state index contributed by atoms with van der Waals surface area (Å²) >= 11 is 5.21. The number of aromatic hydroxyl groups is 1. The number of benzene rings is 1. The summed E-state index contributed by atoms with van der Waals surface area (Å²) in [6.45, 7) is 6.06. The molecule has 1 aromatic heterocycles. The first kappa shape index (κ1) is 11.9. The number of nitrogens with one attached hydrogen (secondary N) is 1. The van der Waals surface area contributed by atoms with Gasteiger partial charge in [0.25, 0.3) is 0 Å². The number of phenols is 1. The van der Waals surface area contributed by atoms with Gasteiger partial charge >= 0.3 is 0 Å². The molecule has 2 N–H and O–H groups in total. The number of hydrogen-bond acceptors (Lipinski definition) is 3. The van der Waals surface area contributed by atoms with Crippen LogP contribution in [0, 0.1) is 11.7 Å². The van der Waals surface area contributed by atoms with Crippen LogP contribution in [-0.4, -0.2) is 19.9 Å². The molecule has 0 unspecified atom stereocenters. The Hall–Kier alpha value is -1.62. The molecule has 0 aliphatic carbocycles. The van der Waals surface area contributed by atoms with Gasteiger partial charge in [-0.25, -0.2) is 0 Å². The van der Waals surface area contributed by atoms with Crippen molar-refractivity contribution in [3.8, 4) is 17.1 Å². The third-order valence-corrected chi connectivity index (χ3v) is 2.96. The zero-order valence-corrected chi connectivity index (χ0v) is 10.9. The van der Waals surface area contributed by atoms with E-state index in [0.717, 1.165) is 17.0 Å². The van der Waals surface area contributed by atoms with Crippen molar-refractivity contribution in [3.05, 3.63) is 28.5 Å². The Bertz CT molecular complexity index is 598. The Morgan fingerprint density at radius 1 is 1.41 bits per heavy atom. The standard InChI is InChI=1S/C12H15N3OS/c1-7(2)15-11(13-14-12(15)17)10-5-4-9(16)6-8(10)3/h4-7,16H,1-3H3,(H,14,17). The van der Waals surface area contributed by atoms with Crippen molar-refractivity contribution in [2.45, 2.75) is 26.8 Å². The number of aromatic nitrogens is 3. The van der Waals surface area contributed by atoms with E-state index in [2.05, 4.69) is 24.0 Å². The SMILES string of the molecule is Cc1cc(O)ccc1-c1n[nH]c(=S)n1C(C)C. The highest BCUT2D eigenvalue weighted by Gasteiger charge is 2.13. The molecule has 0 radical (unpaired) electrons. The van der Waals surface area contributed by atoms with Crippen LogP contribution in [0.15, 0.2) is 18.2 Å². The molecule has 1 heterocycles. The van der Waals surface area contributed by atoms with Gasteiger partial charge < -0.3 is 5.11 Å². The van der Waals surface area contributed by atoms with Gasteiger partial charge in [-0.05, 0) is 56.8 Å². The van der Waals surface area contributed by atoms with Gasteiger partial charge in [-0.3, -0.25) is 9.67 Å². The molecule has 0 bridgehead atoms. The fourth-order valence-corrected chi connectivity index (χ4v) is 2.22. The van der Waals surface area contributed by atoms with Crippen molar-refractivity contribution in [2.75, 3.05) is 0 Å². The Kier molecular flexibility index (Phi) is 3.02. The summed E-state index contributed by atoms with van der Waals surface area (Å²) in [5.74, 6) is 1.07. The van der Waals surface area contributed by atoms with E-state index in [1.807, 2.05) is 17.6 Å². The second-order valence-electron chi connectivity index (χ2n) is 4.32. The fourth-order valence-electron chi connectivity index (χ4n) is 1.87. The predicted octanol–water partition coefficient (Wildman–Crippen LogP) is 3.20. The molecule has 0 saturated heterocycles. The van der Waals surface area contributed by atoms with Gasteiger partial charge in [-0.1, -0.05) is 0 Å². The number of hydrogen-bond donors (Lipinski definition) is 2. The first-order chi connectivity index (χ1) is 8.00. The second-order valence-corrected chi connectivity index (χ2v) is 4.70. The van der Waals surface area contributed by atoms with E-state index >= 15 is 0 Å². The minimum Gasteiger partial charge on any atom is -0.508 e. The lowest BCUT2D eigenvalue weighted by Gasteiger charge is -2.12. The first-order valence-corrected chi connectivity index (χ1v) is 5.88. The van der Waals surface area contributed by atoms with Crippen molar-refractivity contribution >= 4 is 12.2 Å². The van der Waals surface area contributed by atoms with Crippen LogP contribution in [0.2, 0.25) is 0 Å². The molecule has 5 heteroatoms. The van der Waals surface area contributed by atoms with E-state index in [4.69, 9.17) is 12.2 Å². The van der Waals surface area contributed by atoms with E-state index < -0.39 is 0 Å². The molecule has 0 aliphatic rings. The Balaban J connectivity index is 2.65. The lowest BCUT2D eigenvalue weighted by atomic mass is 10.1. The zero-order valence-electron chi connectivity index (χ0n) is 10.1. The molecule has 0 fully saturated rings. The summed E-state index contributed by atoms with van der Waals surface area (Å²) < 4.78 is 2.58. The van der Waals surface area contributed by atoms with Crippen LogP contribution in [0.5, 0.6) is 5.75 Å². The zero-order chi connectivity index (χ0) is 12.6. The third kappa shape index (κ3) is 2.10. The summed E-state index contributed by atoms with van der Waals surface area (Å²) in [6.07, 6.45) is 0. The van der Waals surface area contributed by atoms with Crippen LogP contribution in [0.25, 0.3) is 11.4 Å². The average Bonchev–Trinajstić information content (AvgIpc) is 2.60. The van der Waals surface area contributed by atoms with E-state index in [1.54, 1.807) is 12.1 Å². The molecule has 0 spiro atoms. The van der Waals surface area contributed by atoms with Crippen LogP contribution in [0.1, 0.15) is 25.5 Å². The van der Waals surface area contributed by atoms with E-state index in [0.29, 0.717) is 4.77 Å². The maximum Gasteiger partial charge on any atom is 0.195 e. The third-order valence-electron chi connectivity index (χ3n) is 2.67. The largest absolute Gasteiger partial charge is 0.508 e. The van der Waals surface area contributed by atoms with Crippen molar-refractivity contribution in [1.82, 2.24) is 14.8 Å². The van der Waals surface area contributed by atoms with Crippen LogP contribution >= 0.6 is 12.2 Å². The number of aryl methyl sites for hydroxylation is 1. The Morgan fingerprint density at radius 3 is 2.71 bits per heavy atom. The molecule has 1 aromatic carbocycles. The predicted molar refractivity (Wildman–Crippen MR) is 69.6 cm³/mol. The van der Waals surface area contributed by atoms with Gasteiger partial charge in [0, 0.05) is 11.6 Å². The molecule has 2 rings (SSSR count). The molecule has 2 aromatic rings. The molecule has 0 saturated carbocycles. The second kappa shape index (κ2) is 4.33. The molecular weight excluding hydrogens is 234 g/mol. The topological polar surface area (TPSA) is 53.8 Å². The number of aromatic amines is 1. The number of nitrogens with zero attached hydrogens (tertiary/aromatic N) is 2. The van der Waals surface area contributed by atoms with Gasteiger partial charge in [0.1, 0.15) is 5.75 Å². The van der Waals surface area contributed by atoms with Crippen molar-refractivity contribution in [2.24, 2.45) is 0 Å². The van der Waals surface area contributed by atoms with Gasteiger partial charge in [-0.2, -0.15) is 5.10 Å². The van der Waals surface area contributed by atoms with Crippen molar-refractivity contribution < 1.29 is 5.11 Å². The fraction of sp³-hybridized carbons (Fsp3) is 0.333. The maximum atomic E-state index is 9.41. The summed E-state index contributed by atoms with van der Waals surface area (Å²) in [7, 11) is 0. The number of phenolic OH excluding ortho intramolecular Hbond substituents is 1. The van der Waals surface area contributed by atoms with Gasteiger partial charge in [0.05, 0.1) is 0 Å². The first-order valence-electron chi connectivity index (χ1n) is 5.47. The monoisotopic (exact) mass is 249 g/mol. The summed E-state index contributed by atoms with van der Waals surface area (Å²) in [5.41, 5.74) is 1.95. The molecule has 4 nitrogen and oxygen atoms in total. The van der Waals surface area contributed by atoms with Gasteiger partial charge in [-0.15, -0.1) is 0 Å². The van der Waals surface area contributed by atoms with Gasteiger partial charge in [0.2, 0.25) is 0 Å². The summed E-state index contributed by atoms with van der Waals surface area (Å²) in [6, 6.07) is 5.47. The molecule has 0 atom stereocenters. The highest BCUT2D eigenvalue weighted by molar-refractivity contribution is 7.71. The lowest BCUT2D eigenvalue weighted by molar-refractivity contribution is 0.475. The minimum absolute atomic E-state index is 0.240. The minimum atomic E-state index is 0.240. The molecule has 0 amide bonds. The van der Waals surface area contributed by atoms with E-state index in [1.165, 1.54) is 0 Å². The lowest BCUT2D eigenvalue weighted by Crippen LogP contribution is -2.04. The van der Waals surface area contributed by atoms with Crippen LogP contribution in [0.3, 0.4) is 0 Å². The number of H-pyrrole nitrogens is 1. The number of rotatable bonds is 2. The Labute approximate surface area is 105 Å². The molecular formula is C12H15N3OS. The summed E-state index contributed by atoms with van der Waals surface area (Å²) in [5, 5.41) is 16.5. The van der Waals surface area contributed by atoms with Crippen LogP contribution < -0.4 is 0 Å². The quantitative estimate of drug-likeness (QED) is 0.804. The molecule has 90 valence electrons. The van der Waals surface area contributed by atoms with Gasteiger partial charge in [0.15, 0.2) is 10.6 Å². The highest BCUT2D eigenvalue weighted by Crippen LogP contribution is 2.26. The highest BCUT2D eigenvalue weighted by atomic mass is 32.1. The molecule has 17 heavy (non-hydrogen) atoms. The maximum absolute atomic E-state index is 9.41. The molecule has 0 aliphatic heterocycles. The normalized spacial score (nSPS) is 11.1. The average molecular weight is 249 g/mol. The van der Waals surface area contributed by atoms with E-state index in [9.17, 15) is 5.11 Å². The van der Waals surface area contributed by atoms with Crippen LogP contribution in [-0.2, 0) is 0 Å². The van der Waals surface area contributed by atoms with Crippen LogP contribution in [0.4, 0.5) is 0 Å².